The van der Waals surface area contributed by atoms with Gasteiger partial charge in [-0.05, 0) is 67.9 Å². The lowest BCUT2D eigenvalue weighted by Crippen LogP contribution is -2.62. The summed E-state index contributed by atoms with van der Waals surface area (Å²) in [5.41, 5.74) is -1.92. The van der Waals surface area contributed by atoms with E-state index in [0.29, 0.717) is 42.0 Å². The average molecular weight is 596 g/mol. The highest BCUT2D eigenvalue weighted by Gasteiger charge is 2.73. The van der Waals surface area contributed by atoms with E-state index in [9.17, 15) is 23.5 Å². The molecule has 2 aromatic rings. The molecule has 6 nitrogen and oxygen atoms in total. The highest BCUT2D eigenvalue weighted by atomic mass is 35.5. The molecule has 4 aliphatic rings. The van der Waals surface area contributed by atoms with Gasteiger partial charge in [-0.3, -0.25) is 14.9 Å². The van der Waals surface area contributed by atoms with Gasteiger partial charge in [-0.15, -0.1) is 0 Å². The summed E-state index contributed by atoms with van der Waals surface area (Å²) in [7, 11) is 0. The molecule has 2 aliphatic carbocycles. The van der Waals surface area contributed by atoms with E-state index < -0.39 is 65.4 Å². The Morgan fingerprint density at radius 2 is 1.73 bits per heavy atom. The number of aliphatic hydroxyl groups is 1. The minimum atomic E-state index is -2.92. The maximum absolute atomic E-state index is 15.9. The van der Waals surface area contributed by atoms with E-state index >= 15 is 4.39 Å². The van der Waals surface area contributed by atoms with Gasteiger partial charge in [0.05, 0.1) is 17.2 Å². The number of amides is 2. The fourth-order valence-corrected chi connectivity index (χ4v) is 7.97. The molecule has 2 saturated carbocycles. The highest BCUT2D eigenvalue weighted by molar-refractivity contribution is 6.31. The van der Waals surface area contributed by atoms with Crippen molar-refractivity contribution >= 4 is 40.7 Å². The zero-order valence-corrected chi connectivity index (χ0v) is 23.1. The van der Waals surface area contributed by atoms with Gasteiger partial charge in [0, 0.05) is 41.1 Å². The van der Waals surface area contributed by atoms with Gasteiger partial charge >= 0.3 is 0 Å². The lowest BCUT2D eigenvalue weighted by Gasteiger charge is -2.48. The number of halogens is 5. The molecule has 3 fully saturated rings. The molecule has 2 aliphatic heterocycles. The molecule has 1 saturated heterocycles. The Kier molecular flexibility index (Phi) is 6.88. The molecule has 2 heterocycles. The Labute approximate surface area is 240 Å². The predicted molar refractivity (Wildman–Crippen MR) is 145 cm³/mol. The van der Waals surface area contributed by atoms with Gasteiger partial charge in [0.2, 0.25) is 17.7 Å². The van der Waals surface area contributed by atoms with Crippen molar-refractivity contribution in [3.8, 4) is 0 Å². The van der Waals surface area contributed by atoms with E-state index in [2.05, 4.69) is 16.0 Å². The Hall–Kier alpha value is -2.33. The topological polar surface area (TPSA) is 90.5 Å². The van der Waals surface area contributed by atoms with E-state index in [-0.39, 0.29) is 29.5 Å². The van der Waals surface area contributed by atoms with Crippen LogP contribution in [0.5, 0.6) is 0 Å². The van der Waals surface area contributed by atoms with Crippen LogP contribution >= 0.6 is 23.2 Å². The monoisotopic (exact) mass is 595 g/mol. The standard InChI is InChI=1S/C29H30Cl2F3N3O3/c30-15-4-9-19-21(14-15)36-26(40)29(19)22(18-2-1-3-20(31)23(18)32)24(25(39)35-16-5-7-17(38)8-6-16)37-27(29)10-12-28(33,34)13-11-27/h1-4,9,14,16-17,22,24,37-38H,5-8,10-13H2,(H,35,39)(H,36,40)/t16?,17?,22-,24+,29?/m0/s1. The van der Waals surface area contributed by atoms with Gasteiger partial charge in [-0.2, -0.15) is 0 Å². The molecule has 214 valence electrons. The maximum Gasteiger partial charge on any atom is 0.248 e. The van der Waals surface area contributed by atoms with Crippen LogP contribution in [-0.4, -0.2) is 46.6 Å². The lowest BCUT2D eigenvalue weighted by atomic mass is 9.55. The first-order chi connectivity index (χ1) is 19.0. The number of nitrogens with one attached hydrogen (secondary N) is 3. The minimum absolute atomic E-state index is 0.0615. The van der Waals surface area contributed by atoms with Crippen LogP contribution in [0.4, 0.5) is 18.9 Å². The zero-order chi connectivity index (χ0) is 28.4. The van der Waals surface area contributed by atoms with Crippen LogP contribution in [0.2, 0.25) is 10.0 Å². The van der Waals surface area contributed by atoms with Crippen LogP contribution in [0, 0.1) is 5.82 Å². The fourth-order valence-electron chi connectivity index (χ4n) is 7.62. The third kappa shape index (κ3) is 4.23. The molecular weight excluding hydrogens is 566 g/mol. The first kappa shape index (κ1) is 27.8. The molecule has 0 aromatic heterocycles. The summed E-state index contributed by atoms with van der Waals surface area (Å²) in [4.78, 5) is 28.3. The molecule has 6 rings (SSSR count). The van der Waals surface area contributed by atoms with E-state index in [1.807, 2.05) is 0 Å². The second kappa shape index (κ2) is 9.89. The molecular formula is C29H30Cl2F3N3O3. The SMILES string of the molecule is O=C(NC1CCC(O)CC1)[C@@H]1NC2(CCC(F)(F)CC2)C2(C(=O)Nc3cc(Cl)ccc32)[C@H]1c1cccc(Cl)c1F. The van der Waals surface area contributed by atoms with Crippen molar-refractivity contribution in [2.75, 3.05) is 5.32 Å². The number of benzene rings is 2. The van der Waals surface area contributed by atoms with Gasteiger partial charge in [0.25, 0.3) is 0 Å². The van der Waals surface area contributed by atoms with Crippen LogP contribution in [0.3, 0.4) is 0 Å². The van der Waals surface area contributed by atoms with Crippen LogP contribution in [0.25, 0.3) is 0 Å². The number of alkyl halides is 2. The summed E-state index contributed by atoms with van der Waals surface area (Å²) >= 11 is 12.5. The Morgan fingerprint density at radius 1 is 1.02 bits per heavy atom. The van der Waals surface area contributed by atoms with Gasteiger partial charge < -0.3 is 15.7 Å². The maximum atomic E-state index is 15.9. The minimum Gasteiger partial charge on any atom is -0.393 e. The molecule has 11 heteroatoms. The third-order valence-corrected chi connectivity index (χ3v) is 10.0. The third-order valence-electron chi connectivity index (χ3n) is 9.48. The van der Waals surface area contributed by atoms with E-state index in [1.54, 1.807) is 24.3 Å². The normalized spacial score (nSPS) is 32.2. The summed E-state index contributed by atoms with van der Waals surface area (Å²) in [6, 6.07) is 7.97. The van der Waals surface area contributed by atoms with Crippen molar-refractivity contribution in [3.05, 3.63) is 63.4 Å². The number of carbonyl (C=O) groups is 2. The number of anilines is 1. The Balaban J connectivity index is 1.54. The number of hydrogen-bond donors (Lipinski definition) is 4. The molecule has 0 radical (unpaired) electrons. The molecule has 2 spiro atoms. The van der Waals surface area contributed by atoms with Crippen LogP contribution in [0.1, 0.15) is 68.4 Å². The Bertz CT molecular complexity index is 1360. The number of carbonyl (C=O) groups excluding carboxylic acids is 2. The van der Waals surface area contributed by atoms with E-state index in [0.717, 1.165) is 0 Å². The summed E-state index contributed by atoms with van der Waals surface area (Å²) in [5, 5.41) is 19.4. The summed E-state index contributed by atoms with van der Waals surface area (Å²) in [5.74, 6) is -5.74. The van der Waals surface area contributed by atoms with Crippen LogP contribution in [0.15, 0.2) is 36.4 Å². The first-order valence-electron chi connectivity index (χ1n) is 13.7. The van der Waals surface area contributed by atoms with Gasteiger partial charge in [-0.1, -0.05) is 41.4 Å². The predicted octanol–water partition coefficient (Wildman–Crippen LogP) is 5.45. The lowest BCUT2D eigenvalue weighted by molar-refractivity contribution is -0.126. The molecule has 2 aromatic carbocycles. The largest absolute Gasteiger partial charge is 0.393 e. The quantitative estimate of drug-likeness (QED) is 0.380. The molecule has 3 atom stereocenters. The van der Waals surface area contributed by atoms with Crippen molar-refractivity contribution in [1.29, 1.82) is 0 Å². The van der Waals surface area contributed by atoms with Gasteiger partial charge in [-0.25, -0.2) is 13.2 Å². The molecule has 4 N–H and O–H groups in total. The molecule has 1 unspecified atom stereocenters. The van der Waals surface area contributed by atoms with Crippen molar-refractivity contribution in [2.45, 2.75) is 92.3 Å². The van der Waals surface area contributed by atoms with Gasteiger partial charge in [0.15, 0.2) is 0 Å². The molecule has 2 amide bonds. The van der Waals surface area contributed by atoms with Crippen LogP contribution in [-0.2, 0) is 15.0 Å². The smallest absolute Gasteiger partial charge is 0.248 e. The van der Waals surface area contributed by atoms with Crippen molar-refractivity contribution < 1.29 is 27.9 Å². The van der Waals surface area contributed by atoms with Crippen molar-refractivity contribution in [1.82, 2.24) is 10.6 Å². The van der Waals surface area contributed by atoms with Crippen molar-refractivity contribution in [2.24, 2.45) is 0 Å². The Morgan fingerprint density at radius 3 is 2.42 bits per heavy atom. The van der Waals surface area contributed by atoms with E-state index in [4.69, 9.17) is 23.2 Å². The first-order valence-corrected chi connectivity index (χ1v) is 14.4. The molecule has 0 bridgehead atoms. The fraction of sp³-hybridized carbons (Fsp3) is 0.517. The number of aliphatic hydroxyl groups excluding tert-OH is 1. The zero-order valence-electron chi connectivity index (χ0n) is 21.6. The summed E-state index contributed by atoms with van der Waals surface area (Å²) in [6.45, 7) is 0. The summed E-state index contributed by atoms with van der Waals surface area (Å²) < 4.78 is 45.0. The average Bonchev–Trinajstić information content (AvgIpc) is 3.37. The van der Waals surface area contributed by atoms with Crippen LogP contribution < -0.4 is 16.0 Å². The van der Waals surface area contributed by atoms with E-state index in [1.165, 1.54) is 12.1 Å². The number of hydrogen-bond acceptors (Lipinski definition) is 4. The second-order valence-corrected chi connectivity index (χ2v) is 12.5. The number of rotatable bonds is 3. The molecule has 40 heavy (non-hydrogen) atoms. The highest BCUT2D eigenvalue weighted by Crippen LogP contribution is 2.63. The number of fused-ring (bicyclic) bond motifs is 3. The second-order valence-electron chi connectivity index (χ2n) is 11.6. The summed E-state index contributed by atoms with van der Waals surface area (Å²) in [6.07, 6.45) is 0.604. The van der Waals surface area contributed by atoms with Gasteiger partial charge in [0.1, 0.15) is 11.2 Å². The van der Waals surface area contributed by atoms with Crippen molar-refractivity contribution in [3.63, 3.8) is 0 Å².